The van der Waals surface area contributed by atoms with Gasteiger partial charge in [-0.15, -0.1) is 0 Å². The van der Waals surface area contributed by atoms with E-state index >= 15 is 0 Å². The minimum atomic E-state index is 0.161. The molecule has 2 fully saturated rings. The fourth-order valence-electron chi connectivity index (χ4n) is 3.26. The average molecular weight is 257 g/mol. The molecule has 1 aliphatic heterocycles. The van der Waals surface area contributed by atoms with Crippen molar-refractivity contribution in [2.75, 3.05) is 13.1 Å². The van der Waals surface area contributed by atoms with Crippen molar-refractivity contribution < 1.29 is 4.79 Å². The average Bonchev–Trinajstić information content (AvgIpc) is 3.27. The summed E-state index contributed by atoms with van der Waals surface area (Å²) in [5, 5.41) is 0. The molecule has 3 rings (SSSR count). The van der Waals surface area contributed by atoms with E-state index in [0.29, 0.717) is 5.92 Å². The van der Waals surface area contributed by atoms with Gasteiger partial charge >= 0.3 is 0 Å². The molecule has 1 aliphatic carbocycles. The Morgan fingerprint density at radius 3 is 2.58 bits per heavy atom. The zero-order valence-electron chi connectivity index (χ0n) is 11.5. The van der Waals surface area contributed by atoms with Crippen LogP contribution in [0.2, 0.25) is 0 Å². The number of aldehydes is 1. The third-order valence-corrected chi connectivity index (χ3v) is 4.59. The molecule has 0 radical (unpaired) electrons. The molecule has 19 heavy (non-hydrogen) atoms. The first-order chi connectivity index (χ1) is 9.36. The predicted octanol–water partition coefficient (Wildman–Crippen LogP) is 3.23. The molecule has 2 aliphatic rings. The van der Waals surface area contributed by atoms with E-state index in [2.05, 4.69) is 35.2 Å². The van der Waals surface area contributed by atoms with Crippen LogP contribution < -0.4 is 0 Å². The molecule has 0 spiro atoms. The van der Waals surface area contributed by atoms with Crippen LogP contribution in [0.15, 0.2) is 30.3 Å². The van der Waals surface area contributed by atoms with Crippen molar-refractivity contribution >= 4 is 6.29 Å². The topological polar surface area (TPSA) is 20.3 Å². The van der Waals surface area contributed by atoms with E-state index in [9.17, 15) is 4.79 Å². The van der Waals surface area contributed by atoms with Gasteiger partial charge in [0, 0.05) is 13.1 Å². The summed E-state index contributed by atoms with van der Waals surface area (Å²) in [6.45, 7) is 2.19. The lowest BCUT2D eigenvalue weighted by atomic mass is 9.94. The summed E-state index contributed by atoms with van der Waals surface area (Å²) in [7, 11) is 0. The Kier molecular flexibility index (Phi) is 3.97. The van der Waals surface area contributed by atoms with Crippen LogP contribution in [0.5, 0.6) is 0 Å². The largest absolute Gasteiger partial charge is 0.302 e. The van der Waals surface area contributed by atoms with Gasteiger partial charge in [-0.3, -0.25) is 4.90 Å². The quantitative estimate of drug-likeness (QED) is 0.772. The minimum Gasteiger partial charge on any atom is -0.302 e. The molecular weight excluding hydrogens is 234 g/mol. The van der Waals surface area contributed by atoms with Gasteiger partial charge in [0.15, 0.2) is 0 Å². The number of benzene rings is 1. The first-order valence-corrected chi connectivity index (χ1v) is 7.61. The first-order valence-electron chi connectivity index (χ1n) is 7.61. The Morgan fingerprint density at radius 1 is 1.11 bits per heavy atom. The molecule has 2 nitrogen and oxygen atoms in total. The number of hydrogen-bond donors (Lipinski definition) is 0. The van der Waals surface area contributed by atoms with Crippen LogP contribution in [0.25, 0.3) is 0 Å². The maximum absolute atomic E-state index is 11.3. The molecule has 2 heteroatoms. The van der Waals surface area contributed by atoms with Crippen molar-refractivity contribution in [2.45, 2.75) is 44.1 Å². The molecule has 0 amide bonds. The normalized spacial score (nSPS) is 28.8. The van der Waals surface area contributed by atoms with Gasteiger partial charge in [-0.2, -0.15) is 0 Å². The second-order valence-corrected chi connectivity index (χ2v) is 6.14. The smallest absolute Gasteiger partial charge is 0.137 e. The molecule has 1 saturated carbocycles. The van der Waals surface area contributed by atoms with Gasteiger partial charge < -0.3 is 4.79 Å². The fourth-order valence-corrected chi connectivity index (χ4v) is 3.26. The third-order valence-electron chi connectivity index (χ3n) is 4.59. The summed E-state index contributed by atoms with van der Waals surface area (Å²) in [5.41, 5.74) is 1.44. The Bertz CT molecular complexity index is 413. The highest BCUT2D eigenvalue weighted by Gasteiger charge is 2.31. The second-order valence-electron chi connectivity index (χ2n) is 6.14. The number of nitrogens with zero attached hydrogens (tertiary/aromatic N) is 1. The van der Waals surface area contributed by atoms with Crippen molar-refractivity contribution in [3.8, 4) is 0 Å². The van der Waals surface area contributed by atoms with Gasteiger partial charge in [-0.1, -0.05) is 36.8 Å². The van der Waals surface area contributed by atoms with Crippen molar-refractivity contribution in [1.82, 2.24) is 4.90 Å². The lowest BCUT2D eigenvalue weighted by Crippen LogP contribution is -2.39. The van der Waals surface area contributed by atoms with Crippen molar-refractivity contribution in [2.24, 2.45) is 5.92 Å². The summed E-state index contributed by atoms with van der Waals surface area (Å²) in [5.74, 6) is 1.46. The molecule has 2 atom stereocenters. The summed E-state index contributed by atoms with van der Waals surface area (Å²) in [6, 6.07) is 11.0. The third kappa shape index (κ3) is 3.24. The van der Waals surface area contributed by atoms with Crippen LogP contribution >= 0.6 is 0 Å². The van der Waals surface area contributed by atoms with Gasteiger partial charge in [0.1, 0.15) is 6.29 Å². The van der Waals surface area contributed by atoms with E-state index in [1.807, 2.05) is 0 Å². The summed E-state index contributed by atoms with van der Waals surface area (Å²) in [6.07, 6.45) is 7.32. The van der Waals surface area contributed by atoms with E-state index in [1.54, 1.807) is 0 Å². The molecule has 1 heterocycles. The number of likely N-dealkylation sites (tertiary alicyclic amines) is 1. The minimum absolute atomic E-state index is 0.161. The molecular formula is C17H23NO. The van der Waals surface area contributed by atoms with Crippen LogP contribution in [-0.4, -0.2) is 30.3 Å². The number of carbonyl (C=O) groups is 1. The summed E-state index contributed by atoms with van der Waals surface area (Å²) < 4.78 is 0. The number of carbonyl (C=O) groups excluding carboxylic acids is 1. The molecule has 1 aromatic rings. The highest BCUT2D eigenvalue weighted by Crippen LogP contribution is 2.34. The Labute approximate surface area is 115 Å². The molecule has 102 valence electrons. The Hall–Kier alpha value is -1.15. The van der Waals surface area contributed by atoms with Crippen molar-refractivity contribution in [3.63, 3.8) is 0 Å². The maximum Gasteiger partial charge on any atom is 0.137 e. The van der Waals surface area contributed by atoms with E-state index in [-0.39, 0.29) is 6.04 Å². The van der Waals surface area contributed by atoms with Gasteiger partial charge in [-0.05, 0) is 43.1 Å². The highest BCUT2D eigenvalue weighted by atomic mass is 16.1. The van der Waals surface area contributed by atoms with Crippen LogP contribution in [0.4, 0.5) is 0 Å². The van der Waals surface area contributed by atoms with E-state index < -0.39 is 0 Å². The molecule has 0 aromatic heterocycles. The standard InChI is InChI=1S/C17H23NO/c19-13-17-8-4-7-16(15-5-2-1-3-6-15)12-18(17)11-14-9-10-14/h1-3,5-6,13-14,16-17H,4,7-12H2. The van der Waals surface area contributed by atoms with Crippen LogP contribution in [-0.2, 0) is 4.79 Å². The Morgan fingerprint density at radius 2 is 1.89 bits per heavy atom. The predicted molar refractivity (Wildman–Crippen MR) is 77.2 cm³/mol. The fraction of sp³-hybridized carbons (Fsp3) is 0.588. The maximum atomic E-state index is 11.3. The SMILES string of the molecule is O=CC1CCCC(c2ccccc2)CN1CC1CC1. The summed E-state index contributed by atoms with van der Waals surface area (Å²) in [4.78, 5) is 13.8. The van der Waals surface area contributed by atoms with Crippen LogP contribution in [0, 0.1) is 5.92 Å². The van der Waals surface area contributed by atoms with Gasteiger partial charge in [0.05, 0.1) is 6.04 Å². The summed E-state index contributed by atoms with van der Waals surface area (Å²) >= 11 is 0. The van der Waals surface area contributed by atoms with Gasteiger partial charge in [0.2, 0.25) is 0 Å². The van der Waals surface area contributed by atoms with Crippen molar-refractivity contribution in [3.05, 3.63) is 35.9 Å². The first kappa shape index (κ1) is 12.9. The molecule has 0 bridgehead atoms. The van der Waals surface area contributed by atoms with Gasteiger partial charge in [0.25, 0.3) is 0 Å². The van der Waals surface area contributed by atoms with E-state index in [0.717, 1.165) is 25.4 Å². The molecule has 2 unspecified atom stereocenters. The molecule has 1 saturated heterocycles. The van der Waals surface area contributed by atoms with E-state index in [4.69, 9.17) is 0 Å². The second kappa shape index (κ2) is 5.87. The Balaban J connectivity index is 1.73. The van der Waals surface area contributed by atoms with Gasteiger partial charge in [-0.25, -0.2) is 0 Å². The monoisotopic (exact) mass is 257 g/mol. The van der Waals surface area contributed by atoms with E-state index in [1.165, 1.54) is 37.5 Å². The number of rotatable bonds is 4. The lowest BCUT2D eigenvalue weighted by Gasteiger charge is -2.28. The molecule has 0 N–H and O–H groups in total. The highest BCUT2D eigenvalue weighted by molar-refractivity contribution is 5.57. The zero-order valence-corrected chi connectivity index (χ0v) is 11.5. The lowest BCUT2D eigenvalue weighted by molar-refractivity contribution is -0.112. The zero-order chi connectivity index (χ0) is 13.1. The number of hydrogen-bond acceptors (Lipinski definition) is 2. The van der Waals surface area contributed by atoms with Crippen LogP contribution in [0.3, 0.4) is 0 Å². The molecule has 1 aromatic carbocycles. The van der Waals surface area contributed by atoms with Crippen molar-refractivity contribution in [1.29, 1.82) is 0 Å². The van der Waals surface area contributed by atoms with Crippen LogP contribution in [0.1, 0.15) is 43.6 Å².